The predicted octanol–water partition coefficient (Wildman–Crippen LogP) is 3.16. The summed E-state index contributed by atoms with van der Waals surface area (Å²) in [6.45, 7) is 6.42. The largest absolute Gasteiger partial charge is 0.379 e. The lowest BCUT2D eigenvalue weighted by Gasteiger charge is -2.26. The van der Waals surface area contributed by atoms with Crippen molar-refractivity contribution in [3.8, 4) is 0 Å². The molecule has 6 heteroatoms. The Morgan fingerprint density at radius 3 is 2.46 bits per heavy atom. The van der Waals surface area contributed by atoms with E-state index < -0.39 is 0 Å². The number of nitrogens with one attached hydrogen (secondary N) is 2. The van der Waals surface area contributed by atoms with Crippen LogP contribution in [0.15, 0.2) is 48.5 Å². The van der Waals surface area contributed by atoms with E-state index in [4.69, 9.17) is 4.74 Å². The zero-order chi connectivity index (χ0) is 19.8. The third-order valence-corrected chi connectivity index (χ3v) is 4.76. The van der Waals surface area contributed by atoms with Crippen LogP contribution in [-0.2, 0) is 16.0 Å². The van der Waals surface area contributed by atoms with E-state index in [0.29, 0.717) is 17.7 Å². The van der Waals surface area contributed by atoms with E-state index in [9.17, 15) is 9.59 Å². The van der Waals surface area contributed by atoms with E-state index in [1.807, 2.05) is 24.3 Å². The summed E-state index contributed by atoms with van der Waals surface area (Å²) in [5, 5.41) is 5.68. The summed E-state index contributed by atoms with van der Waals surface area (Å²) >= 11 is 0. The van der Waals surface area contributed by atoms with Crippen molar-refractivity contribution in [3.63, 3.8) is 0 Å². The van der Waals surface area contributed by atoms with Crippen molar-refractivity contribution in [1.29, 1.82) is 0 Å². The van der Waals surface area contributed by atoms with Crippen molar-refractivity contribution >= 4 is 23.2 Å². The molecular formula is C22H27N3O3. The first-order valence-corrected chi connectivity index (χ1v) is 9.74. The van der Waals surface area contributed by atoms with Crippen molar-refractivity contribution < 1.29 is 14.3 Å². The number of anilines is 2. The van der Waals surface area contributed by atoms with Crippen molar-refractivity contribution in [1.82, 2.24) is 4.90 Å². The molecule has 1 heterocycles. The van der Waals surface area contributed by atoms with E-state index in [2.05, 4.69) is 15.5 Å². The van der Waals surface area contributed by atoms with Gasteiger partial charge in [0.1, 0.15) is 0 Å². The fraction of sp³-hybridized carbons (Fsp3) is 0.364. The van der Waals surface area contributed by atoms with Crippen molar-refractivity contribution in [2.75, 3.05) is 43.5 Å². The van der Waals surface area contributed by atoms with Gasteiger partial charge in [0.15, 0.2) is 0 Å². The standard InChI is InChI=1S/C22H27N3O3/c1-2-21(26)23-20-5-3-4-18(16-20)22(27)24-19-8-6-17(7-9-19)10-11-25-12-14-28-15-13-25/h3-9,16H,2,10-15H2,1H3,(H,23,26)(H,24,27). The average Bonchev–Trinajstić information content (AvgIpc) is 2.74. The summed E-state index contributed by atoms with van der Waals surface area (Å²) in [5.41, 5.74) is 3.13. The molecule has 28 heavy (non-hydrogen) atoms. The van der Waals surface area contributed by atoms with Gasteiger partial charge in [0.25, 0.3) is 5.91 Å². The van der Waals surface area contributed by atoms with Gasteiger partial charge in [-0.05, 0) is 42.3 Å². The Morgan fingerprint density at radius 1 is 1.00 bits per heavy atom. The Balaban J connectivity index is 1.54. The van der Waals surface area contributed by atoms with Gasteiger partial charge in [-0.3, -0.25) is 14.5 Å². The van der Waals surface area contributed by atoms with Crippen LogP contribution in [0, 0.1) is 0 Å². The first-order chi connectivity index (χ1) is 13.6. The normalized spacial score (nSPS) is 14.5. The number of carbonyl (C=O) groups is 2. The number of hydrogen-bond donors (Lipinski definition) is 2. The summed E-state index contributed by atoms with van der Waals surface area (Å²) in [5.74, 6) is -0.279. The van der Waals surface area contributed by atoms with E-state index in [1.165, 1.54) is 5.56 Å². The molecule has 0 unspecified atom stereocenters. The molecule has 0 atom stereocenters. The molecule has 1 saturated heterocycles. The van der Waals surface area contributed by atoms with Crippen molar-refractivity contribution in [2.45, 2.75) is 19.8 Å². The fourth-order valence-electron chi connectivity index (χ4n) is 3.06. The van der Waals surface area contributed by atoms with Crippen LogP contribution in [0.25, 0.3) is 0 Å². The molecular weight excluding hydrogens is 354 g/mol. The Labute approximate surface area is 165 Å². The van der Waals surface area contributed by atoms with Crippen LogP contribution in [0.3, 0.4) is 0 Å². The number of hydrogen-bond acceptors (Lipinski definition) is 4. The molecule has 148 valence electrons. The topological polar surface area (TPSA) is 70.7 Å². The van der Waals surface area contributed by atoms with Gasteiger partial charge in [-0.15, -0.1) is 0 Å². The van der Waals surface area contributed by atoms with E-state index in [1.54, 1.807) is 31.2 Å². The summed E-state index contributed by atoms with van der Waals surface area (Å²) in [6.07, 6.45) is 1.38. The third-order valence-electron chi connectivity index (χ3n) is 4.76. The molecule has 6 nitrogen and oxygen atoms in total. The van der Waals surface area contributed by atoms with Gasteiger partial charge < -0.3 is 15.4 Å². The molecule has 1 aliphatic heterocycles. The number of benzene rings is 2. The van der Waals surface area contributed by atoms with E-state index >= 15 is 0 Å². The highest BCUT2D eigenvalue weighted by atomic mass is 16.5. The van der Waals surface area contributed by atoms with Gasteiger partial charge >= 0.3 is 0 Å². The van der Waals surface area contributed by atoms with Crippen LogP contribution in [0.4, 0.5) is 11.4 Å². The summed E-state index contributed by atoms with van der Waals surface area (Å²) < 4.78 is 5.37. The molecule has 0 radical (unpaired) electrons. The lowest BCUT2D eigenvalue weighted by Crippen LogP contribution is -2.37. The summed E-state index contributed by atoms with van der Waals surface area (Å²) in [6, 6.07) is 14.9. The minimum atomic E-state index is -0.200. The third kappa shape index (κ3) is 5.90. The quantitative estimate of drug-likeness (QED) is 0.773. The predicted molar refractivity (Wildman–Crippen MR) is 111 cm³/mol. The van der Waals surface area contributed by atoms with Gasteiger partial charge in [0.05, 0.1) is 13.2 Å². The van der Waals surface area contributed by atoms with Crippen LogP contribution in [-0.4, -0.2) is 49.6 Å². The van der Waals surface area contributed by atoms with Gasteiger partial charge in [0.2, 0.25) is 5.91 Å². The maximum absolute atomic E-state index is 12.5. The second-order valence-corrected chi connectivity index (χ2v) is 6.84. The van der Waals surface area contributed by atoms with Gasteiger partial charge in [-0.25, -0.2) is 0 Å². The van der Waals surface area contributed by atoms with E-state index in [-0.39, 0.29) is 11.8 Å². The lowest BCUT2D eigenvalue weighted by molar-refractivity contribution is -0.115. The second kappa shape index (κ2) is 10.0. The van der Waals surface area contributed by atoms with Crippen LogP contribution in [0.1, 0.15) is 29.3 Å². The first kappa shape index (κ1) is 20.0. The average molecular weight is 381 g/mol. The first-order valence-electron chi connectivity index (χ1n) is 9.74. The molecule has 0 aliphatic carbocycles. The monoisotopic (exact) mass is 381 g/mol. The molecule has 0 saturated carbocycles. The lowest BCUT2D eigenvalue weighted by atomic mass is 10.1. The van der Waals surface area contributed by atoms with Crippen LogP contribution >= 0.6 is 0 Å². The molecule has 0 aromatic heterocycles. The summed E-state index contributed by atoms with van der Waals surface area (Å²) in [7, 11) is 0. The van der Waals surface area contributed by atoms with Gasteiger partial charge in [-0.1, -0.05) is 25.1 Å². The number of carbonyl (C=O) groups excluding carboxylic acids is 2. The number of nitrogens with zero attached hydrogens (tertiary/aromatic N) is 1. The Hall–Kier alpha value is -2.70. The molecule has 0 bridgehead atoms. The van der Waals surface area contributed by atoms with Crippen molar-refractivity contribution in [2.24, 2.45) is 0 Å². The Bertz CT molecular complexity index is 799. The van der Waals surface area contributed by atoms with Crippen LogP contribution in [0.5, 0.6) is 0 Å². The highest BCUT2D eigenvalue weighted by Gasteiger charge is 2.11. The fourth-order valence-corrected chi connectivity index (χ4v) is 3.06. The SMILES string of the molecule is CCC(=O)Nc1cccc(C(=O)Nc2ccc(CCN3CCOCC3)cc2)c1. The van der Waals surface area contributed by atoms with E-state index in [0.717, 1.165) is 45.0 Å². The molecule has 0 spiro atoms. The molecule has 2 aromatic carbocycles. The second-order valence-electron chi connectivity index (χ2n) is 6.84. The van der Waals surface area contributed by atoms with Gasteiger partial charge in [0, 0.05) is 43.0 Å². The number of amides is 2. The zero-order valence-corrected chi connectivity index (χ0v) is 16.2. The molecule has 2 amide bonds. The maximum Gasteiger partial charge on any atom is 0.255 e. The van der Waals surface area contributed by atoms with Gasteiger partial charge in [-0.2, -0.15) is 0 Å². The highest BCUT2D eigenvalue weighted by molar-refractivity contribution is 6.05. The molecule has 1 fully saturated rings. The minimum absolute atomic E-state index is 0.0785. The highest BCUT2D eigenvalue weighted by Crippen LogP contribution is 2.15. The number of ether oxygens (including phenoxy) is 1. The molecule has 2 aromatic rings. The molecule has 3 rings (SSSR count). The summed E-state index contributed by atoms with van der Waals surface area (Å²) in [4.78, 5) is 26.4. The number of rotatable bonds is 7. The maximum atomic E-state index is 12.5. The molecule has 2 N–H and O–H groups in total. The minimum Gasteiger partial charge on any atom is -0.379 e. The van der Waals surface area contributed by atoms with Crippen LogP contribution < -0.4 is 10.6 Å². The van der Waals surface area contributed by atoms with Crippen molar-refractivity contribution in [3.05, 3.63) is 59.7 Å². The van der Waals surface area contributed by atoms with Crippen LogP contribution in [0.2, 0.25) is 0 Å². The number of morpholine rings is 1. The zero-order valence-electron chi connectivity index (χ0n) is 16.2. The smallest absolute Gasteiger partial charge is 0.255 e. The molecule has 1 aliphatic rings. The Morgan fingerprint density at radius 2 is 1.75 bits per heavy atom. The Kier molecular flexibility index (Phi) is 7.17.